The van der Waals surface area contributed by atoms with Crippen molar-refractivity contribution < 1.29 is 0 Å². The van der Waals surface area contributed by atoms with E-state index in [1.807, 2.05) is 17.9 Å². The highest BCUT2D eigenvalue weighted by molar-refractivity contribution is 5.50. The molecule has 0 radical (unpaired) electrons. The van der Waals surface area contributed by atoms with Crippen LogP contribution in [-0.2, 0) is 26.3 Å². The maximum Gasteiger partial charge on any atom is 0.0522 e. The van der Waals surface area contributed by atoms with Crippen molar-refractivity contribution >= 4 is 5.69 Å². The molecular formula is C15H19N3. The Labute approximate surface area is 108 Å². The lowest BCUT2D eigenvalue weighted by Gasteiger charge is -2.07. The Morgan fingerprint density at radius 2 is 2.17 bits per heavy atom. The molecule has 0 unspecified atom stereocenters. The van der Waals surface area contributed by atoms with Gasteiger partial charge in [-0.25, -0.2) is 0 Å². The van der Waals surface area contributed by atoms with E-state index in [9.17, 15) is 0 Å². The van der Waals surface area contributed by atoms with Gasteiger partial charge in [-0.05, 0) is 54.5 Å². The van der Waals surface area contributed by atoms with E-state index in [1.165, 1.54) is 41.6 Å². The van der Waals surface area contributed by atoms with Crippen molar-refractivity contribution in [3.05, 3.63) is 47.3 Å². The summed E-state index contributed by atoms with van der Waals surface area (Å²) in [4.78, 5) is 0. The summed E-state index contributed by atoms with van der Waals surface area (Å²) in [5, 5.41) is 7.67. The van der Waals surface area contributed by atoms with Crippen molar-refractivity contribution in [2.45, 2.75) is 25.7 Å². The maximum atomic E-state index is 4.18. The summed E-state index contributed by atoms with van der Waals surface area (Å²) in [5.41, 5.74) is 5.60. The number of anilines is 1. The Kier molecular flexibility index (Phi) is 3.05. The fourth-order valence-corrected chi connectivity index (χ4v) is 2.63. The van der Waals surface area contributed by atoms with Gasteiger partial charge in [-0.3, -0.25) is 4.68 Å². The molecule has 0 saturated carbocycles. The van der Waals surface area contributed by atoms with Gasteiger partial charge in [-0.2, -0.15) is 5.10 Å². The lowest BCUT2D eigenvalue weighted by Crippen LogP contribution is -2.04. The zero-order valence-electron chi connectivity index (χ0n) is 10.8. The molecule has 18 heavy (non-hydrogen) atoms. The molecule has 0 amide bonds. The second kappa shape index (κ2) is 4.84. The summed E-state index contributed by atoms with van der Waals surface area (Å²) in [6.07, 6.45) is 8.84. The molecule has 94 valence electrons. The number of fused-ring (bicyclic) bond motifs is 1. The molecule has 0 saturated heterocycles. The lowest BCUT2D eigenvalue weighted by atomic mass is 10.1. The molecule has 1 heterocycles. The highest BCUT2D eigenvalue weighted by Crippen LogP contribution is 2.24. The third-order valence-electron chi connectivity index (χ3n) is 3.60. The topological polar surface area (TPSA) is 29.9 Å². The van der Waals surface area contributed by atoms with Gasteiger partial charge in [0.05, 0.1) is 6.20 Å². The first-order valence-corrected chi connectivity index (χ1v) is 6.64. The van der Waals surface area contributed by atoms with Gasteiger partial charge in [0.2, 0.25) is 0 Å². The predicted octanol–water partition coefficient (Wildman–Crippen LogP) is 2.56. The van der Waals surface area contributed by atoms with Crippen LogP contribution in [0.25, 0.3) is 0 Å². The van der Waals surface area contributed by atoms with Crippen molar-refractivity contribution in [2.24, 2.45) is 7.05 Å². The van der Waals surface area contributed by atoms with E-state index in [4.69, 9.17) is 0 Å². The zero-order chi connectivity index (χ0) is 12.4. The fourth-order valence-electron chi connectivity index (χ4n) is 2.63. The number of nitrogens with one attached hydrogen (secondary N) is 1. The monoisotopic (exact) mass is 241 g/mol. The summed E-state index contributed by atoms with van der Waals surface area (Å²) >= 11 is 0. The van der Waals surface area contributed by atoms with Crippen LogP contribution in [0.3, 0.4) is 0 Å². The van der Waals surface area contributed by atoms with Gasteiger partial charge in [-0.15, -0.1) is 0 Å². The van der Waals surface area contributed by atoms with Crippen LogP contribution >= 0.6 is 0 Å². The molecule has 0 atom stereocenters. The summed E-state index contributed by atoms with van der Waals surface area (Å²) in [5.74, 6) is 0. The SMILES string of the molecule is Cn1cc(CCNc2ccc3c(c2)CCC3)cn1. The zero-order valence-corrected chi connectivity index (χ0v) is 10.8. The van der Waals surface area contributed by atoms with Gasteiger partial charge in [0, 0.05) is 25.5 Å². The van der Waals surface area contributed by atoms with Crippen LogP contribution in [0.4, 0.5) is 5.69 Å². The van der Waals surface area contributed by atoms with Crippen molar-refractivity contribution in [1.29, 1.82) is 0 Å². The third-order valence-corrected chi connectivity index (χ3v) is 3.60. The highest BCUT2D eigenvalue weighted by Gasteiger charge is 2.10. The molecule has 1 aliphatic rings. The molecule has 1 N–H and O–H groups in total. The van der Waals surface area contributed by atoms with Crippen molar-refractivity contribution in [2.75, 3.05) is 11.9 Å². The maximum absolute atomic E-state index is 4.18. The first-order valence-electron chi connectivity index (χ1n) is 6.64. The van der Waals surface area contributed by atoms with Gasteiger partial charge < -0.3 is 5.32 Å². The molecule has 0 spiro atoms. The third kappa shape index (κ3) is 2.40. The Balaban J connectivity index is 1.57. The van der Waals surface area contributed by atoms with E-state index in [-0.39, 0.29) is 0 Å². The van der Waals surface area contributed by atoms with Crippen LogP contribution in [0.15, 0.2) is 30.6 Å². The molecule has 1 aliphatic carbocycles. The number of aromatic nitrogens is 2. The molecule has 0 fully saturated rings. The molecule has 1 aromatic carbocycles. The number of rotatable bonds is 4. The largest absolute Gasteiger partial charge is 0.385 e. The van der Waals surface area contributed by atoms with Crippen molar-refractivity contribution in [3.63, 3.8) is 0 Å². The van der Waals surface area contributed by atoms with E-state index >= 15 is 0 Å². The van der Waals surface area contributed by atoms with Crippen LogP contribution in [0.2, 0.25) is 0 Å². The minimum Gasteiger partial charge on any atom is -0.385 e. The lowest BCUT2D eigenvalue weighted by molar-refractivity contribution is 0.767. The van der Waals surface area contributed by atoms with E-state index < -0.39 is 0 Å². The number of hydrogen-bond acceptors (Lipinski definition) is 2. The van der Waals surface area contributed by atoms with Gasteiger partial charge >= 0.3 is 0 Å². The number of benzene rings is 1. The first-order chi connectivity index (χ1) is 8.81. The van der Waals surface area contributed by atoms with Gasteiger partial charge in [0.1, 0.15) is 0 Å². The summed E-state index contributed by atoms with van der Waals surface area (Å²) in [7, 11) is 1.96. The minimum absolute atomic E-state index is 0.963. The molecule has 2 aromatic rings. The van der Waals surface area contributed by atoms with E-state index in [1.54, 1.807) is 0 Å². The Morgan fingerprint density at radius 3 is 3.00 bits per heavy atom. The molecular weight excluding hydrogens is 222 g/mol. The smallest absolute Gasteiger partial charge is 0.0522 e. The predicted molar refractivity (Wildman–Crippen MR) is 73.9 cm³/mol. The molecule has 3 nitrogen and oxygen atoms in total. The minimum atomic E-state index is 0.963. The van der Waals surface area contributed by atoms with Crippen LogP contribution < -0.4 is 5.32 Å². The first kappa shape index (κ1) is 11.3. The van der Waals surface area contributed by atoms with Crippen molar-refractivity contribution in [3.8, 4) is 0 Å². The van der Waals surface area contributed by atoms with Gasteiger partial charge in [0.25, 0.3) is 0 Å². The number of hydrogen-bond donors (Lipinski definition) is 1. The van der Waals surface area contributed by atoms with Crippen LogP contribution in [0.5, 0.6) is 0 Å². The van der Waals surface area contributed by atoms with Gasteiger partial charge in [-0.1, -0.05) is 6.07 Å². The van der Waals surface area contributed by atoms with Crippen LogP contribution in [0.1, 0.15) is 23.1 Å². The fraction of sp³-hybridized carbons (Fsp3) is 0.400. The summed E-state index contributed by atoms with van der Waals surface area (Å²) in [6, 6.07) is 6.79. The number of aryl methyl sites for hydroxylation is 3. The average Bonchev–Trinajstić information content (AvgIpc) is 2.97. The number of nitrogens with zero attached hydrogens (tertiary/aromatic N) is 2. The van der Waals surface area contributed by atoms with E-state index in [2.05, 4.69) is 34.8 Å². The standard InChI is InChI=1S/C15H19N3/c1-18-11-12(10-17-18)7-8-16-15-6-5-13-3-2-4-14(13)9-15/h5-6,9-11,16H,2-4,7-8H2,1H3. The molecule has 1 aromatic heterocycles. The van der Waals surface area contributed by atoms with E-state index in [0.29, 0.717) is 0 Å². The molecule has 0 bridgehead atoms. The Morgan fingerprint density at radius 1 is 1.28 bits per heavy atom. The second-order valence-corrected chi connectivity index (χ2v) is 5.04. The normalized spacial score (nSPS) is 13.6. The highest BCUT2D eigenvalue weighted by atomic mass is 15.2. The second-order valence-electron chi connectivity index (χ2n) is 5.04. The van der Waals surface area contributed by atoms with Crippen LogP contribution in [0, 0.1) is 0 Å². The molecule has 0 aliphatic heterocycles. The quantitative estimate of drug-likeness (QED) is 0.891. The molecule has 3 heteroatoms. The Hall–Kier alpha value is -1.77. The summed E-state index contributed by atoms with van der Waals surface area (Å²) in [6.45, 7) is 0.963. The van der Waals surface area contributed by atoms with E-state index in [0.717, 1.165) is 13.0 Å². The van der Waals surface area contributed by atoms with Crippen LogP contribution in [-0.4, -0.2) is 16.3 Å². The average molecular weight is 241 g/mol. The Bertz CT molecular complexity index is 542. The van der Waals surface area contributed by atoms with Gasteiger partial charge in [0.15, 0.2) is 0 Å². The summed E-state index contributed by atoms with van der Waals surface area (Å²) < 4.78 is 1.85. The van der Waals surface area contributed by atoms with Crippen molar-refractivity contribution in [1.82, 2.24) is 9.78 Å². The molecule has 3 rings (SSSR count).